The Kier molecular flexibility index (Phi) is 29.0. The van der Waals surface area contributed by atoms with Crippen molar-refractivity contribution in [1.29, 1.82) is 0 Å². The van der Waals surface area contributed by atoms with Gasteiger partial charge in [0, 0.05) is 69.1 Å². The van der Waals surface area contributed by atoms with E-state index in [9.17, 15) is 48.6 Å². The van der Waals surface area contributed by atoms with E-state index in [0.29, 0.717) is 42.0 Å². The Hall–Kier alpha value is -8.57. The number of carboxylic acids is 1. The second-order valence-corrected chi connectivity index (χ2v) is 23.8. The number of aromatic hydroxyl groups is 1. The first-order valence-corrected chi connectivity index (χ1v) is 31.0. The highest BCUT2D eigenvalue weighted by Gasteiger charge is 2.40. The number of carboxylic acid groups (broad SMARTS) is 1. The molecule has 29 heteroatoms. The van der Waals surface area contributed by atoms with Gasteiger partial charge < -0.3 is 84.5 Å². The van der Waals surface area contributed by atoms with E-state index in [1.807, 2.05) is 52.0 Å². The number of phenolic OH excluding ortho intramolecular Hbond substituents is 1. The number of thiocarbonyl (C=S) groups is 1. The van der Waals surface area contributed by atoms with E-state index in [-0.39, 0.29) is 87.0 Å². The van der Waals surface area contributed by atoms with E-state index in [4.69, 9.17) is 33.6 Å². The van der Waals surface area contributed by atoms with Gasteiger partial charge in [0.25, 0.3) is 5.97 Å². The molecule has 2 aromatic carbocycles. The predicted octanol–water partition coefficient (Wildman–Crippen LogP) is -0.167. The second-order valence-electron chi connectivity index (χ2n) is 23.4. The van der Waals surface area contributed by atoms with Crippen LogP contribution in [0.15, 0.2) is 69.7 Å². The van der Waals surface area contributed by atoms with Crippen LogP contribution in [-0.4, -0.2) is 195 Å². The first kappa shape index (κ1) is 72.2. The quantitative estimate of drug-likeness (QED) is 0.0167. The lowest BCUT2D eigenvalue weighted by Crippen LogP contribution is -2.61. The van der Waals surface area contributed by atoms with Crippen molar-refractivity contribution in [2.24, 2.45) is 38.3 Å². The van der Waals surface area contributed by atoms with Crippen molar-refractivity contribution in [1.82, 2.24) is 57.7 Å². The SMILES string of the molecule is CC(=O)O.CCNC(=O)[C@@H]1CCCN1C(=O)[C@H](CCCN=C(N)N)NC(=O)[C@H](CC(C)C)NC(=O)[C@@H](CC(C)C)NC(=O)[C@H](Cc1ccc(O)cc1)NC(=O)[C@H](CO)NC(=O)[C@H](Cc1c[nH]c2ccccc12)NC(=O)[C@H](CC1C=NC=N1)NC(=S)[C@@H]1CCCN1. The molecule has 28 nitrogen and oxygen atoms in total. The molecule has 0 saturated carbocycles. The van der Waals surface area contributed by atoms with Gasteiger partial charge in [-0.15, -0.1) is 0 Å². The minimum Gasteiger partial charge on any atom is -0.508 e. The van der Waals surface area contributed by atoms with Crippen molar-refractivity contribution in [3.63, 3.8) is 0 Å². The summed E-state index contributed by atoms with van der Waals surface area (Å²) in [5, 5.41) is 55.0. The van der Waals surface area contributed by atoms with Crippen molar-refractivity contribution in [2.45, 2.75) is 173 Å². The molecule has 90 heavy (non-hydrogen) atoms. The Bertz CT molecular complexity index is 3020. The van der Waals surface area contributed by atoms with Crippen molar-refractivity contribution in [2.75, 3.05) is 32.8 Å². The number of phenols is 1. The molecule has 0 radical (unpaired) electrons. The summed E-state index contributed by atoms with van der Waals surface area (Å²) in [5.74, 6) is -6.88. The number of H-pyrrole nitrogens is 1. The molecule has 4 heterocycles. The molecule has 0 aliphatic carbocycles. The third kappa shape index (κ3) is 23.1. The number of rotatable bonds is 32. The third-order valence-electron chi connectivity index (χ3n) is 15.1. The molecule has 1 unspecified atom stereocenters. The van der Waals surface area contributed by atoms with Gasteiger partial charge in [-0.25, -0.2) is 4.99 Å². The van der Waals surface area contributed by atoms with Crippen molar-refractivity contribution < 1.29 is 58.5 Å². The van der Waals surface area contributed by atoms with Crippen LogP contribution < -0.4 is 59.3 Å². The van der Waals surface area contributed by atoms with Gasteiger partial charge in [-0.3, -0.25) is 53.1 Å². The summed E-state index contributed by atoms with van der Waals surface area (Å²) in [4.78, 5) is 141. The van der Waals surface area contributed by atoms with Crippen LogP contribution in [0.5, 0.6) is 5.75 Å². The number of carbonyl (C=O) groups excluding carboxylic acids is 8. The minimum absolute atomic E-state index is 0.0613. The van der Waals surface area contributed by atoms with E-state index in [1.165, 1.54) is 35.5 Å². The summed E-state index contributed by atoms with van der Waals surface area (Å²) in [6.07, 6.45) is 7.86. The van der Waals surface area contributed by atoms with E-state index in [0.717, 1.165) is 37.2 Å². The van der Waals surface area contributed by atoms with Gasteiger partial charge in [0.15, 0.2) is 5.96 Å². The van der Waals surface area contributed by atoms with E-state index < -0.39 is 108 Å². The van der Waals surface area contributed by atoms with Crippen LogP contribution in [0.1, 0.15) is 110 Å². The average molecular weight is 1270 g/mol. The van der Waals surface area contributed by atoms with E-state index in [2.05, 4.69) is 67.8 Å². The maximum Gasteiger partial charge on any atom is 0.300 e. The summed E-state index contributed by atoms with van der Waals surface area (Å²) < 4.78 is 0. The normalized spacial score (nSPS) is 18.1. The average Bonchev–Trinajstić information content (AvgIpc) is 4.35. The van der Waals surface area contributed by atoms with Crippen molar-refractivity contribution in [3.05, 3.63) is 65.9 Å². The molecule has 3 aliphatic heterocycles. The lowest BCUT2D eigenvalue weighted by molar-refractivity contribution is -0.142. The van der Waals surface area contributed by atoms with Crippen LogP contribution >= 0.6 is 12.2 Å². The molecule has 2 saturated heterocycles. The lowest BCUT2D eigenvalue weighted by Gasteiger charge is -2.31. The Morgan fingerprint density at radius 1 is 0.744 bits per heavy atom. The molecule has 0 bridgehead atoms. The Labute approximate surface area is 529 Å². The Morgan fingerprint density at radius 3 is 1.88 bits per heavy atom. The molecule has 0 spiro atoms. The number of benzene rings is 2. The van der Waals surface area contributed by atoms with Gasteiger partial charge in [0.05, 0.1) is 23.7 Å². The van der Waals surface area contributed by atoms with Crippen LogP contribution in [0.3, 0.4) is 0 Å². The minimum atomic E-state index is -1.68. The summed E-state index contributed by atoms with van der Waals surface area (Å²) in [5.41, 5.74) is 13.0. The molecule has 17 N–H and O–H groups in total. The second kappa shape index (κ2) is 36.2. The zero-order valence-electron chi connectivity index (χ0n) is 52.0. The van der Waals surface area contributed by atoms with Crippen LogP contribution in [0, 0.1) is 11.8 Å². The van der Waals surface area contributed by atoms with Crippen LogP contribution in [-0.2, 0) is 56.0 Å². The van der Waals surface area contributed by atoms with E-state index >= 15 is 0 Å². The van der Waals surface area contributed by atoms with Crippen molar-refractivity contribution in [3.8, 4) is 5.75 Å². The number of aliphatic hydroxyl groups excluding tert-OH is 1. The summed E-state index contributed by atoms with van der Waals surface area (Å²) in [6.45, 7) is 10.8. The number of aromatic amines is 1. The third-order valence-corrected chi connectivity index (χ3v) is 15.5. The fourth-order valence-electron chi connectivity index (χ4n) is 10.7. The number of aliphatic imine (C=N–C) groups is 3. The van der Waals surface area contributed by atoms with Crippen LogP contribution in [0.25, 0.3) is 10.9 Å². The first-order chi connectivity index (χ1) is 42.9. The number of nitrogens with one attached hydrogen (secondary N) is 10. The maximum absolute atomic E-state index is 14.7. The van der Waals surface area contributed by atoms with Gasteiger partial charge >= 0.3 is 0 Å². The molecule has 3 aromatic rings. The molecule has 10 atom stereocenters. The Morgan fingerprint density at radius 2 is 1.31 bits per heavy atom. The number of nitrogens with two attached hydrogens (primary N) is 2. The smallest absolute Gasteiger partial charge is 0.300 e. The number of amides is 8. The first-order valence-electron chi connectivity index (χ1n) is 30.5. The Balaban J connectivity index is 0.00000357. The lowest BCUT2D eigenvalue weighted by atomic mass is 9.98. The zero-order chi connectivity index (χ0) is 66.0. The largest absolute Gasteiger partial charge is 0.508 e. The predicted molar refractivity (Wildman–Crippen MR) is 344 cm³/mol. The summed E-state index contributed by atoms with van der Waals surface area (Å²) in [7, 11) is 0. The van der Waals surface area contributed by atoms with Crippen LogP contribution in [0.4, 0.5) is 0 Å². The highest BCUT2D eigenvalue weighted by molar-refractivity contribution is 7.80. The number of aliphatic carboxylic acids is 1. The molecular weight excluding hydrogens is 1180 g/mol. The number of likely N-dealkylation sites (N-methyl/N-ethyl adjacent to an activating group) is 1. The number of guanidine groups is 1. The summed E-state index contributed by atoms with van der Waals surface area (Å²) in [6, 6.07) is 2.80. The molecule has 3 aliphatic rings. The van der Waals surface area contributed by atoms with Gasteiger partial charge in [-0.05, 0) is 106 Å². The van der Waals surface area contributed by atoms with Gasteiger partial charge in [0.2, 0.25) is 47.3 Å². The zero-order valence-corrected chi connectivity index (χ0v) is 52.8. The number of fused-ring (bicyclic) bond motifs is 1. The summed E-state index contributed by atoms with van der Waals surface area (Å²) >= 11 is 5.74. The number of hydrogen-bond acceptors (Lipinski definition) is 16. The molecule has 2 fully saturated rings. The van der Waals surface area contributed by atoms with Gasteiger partial charge in [-0.1, -0.05) is 70.2 Å². The van der Waals surface area contributed by atoms with Crippen LogP contribution in [0.2, 0.25) is 0 Å². The fraction of sp³-hybridized carbons (Fsp3) is 0.557. The molecule has 492 valence electrons. The maximum atomic E-state index is 14.7. The number of nitrogens with zero attached hydrogens (tertiary/aromatic N) is 4. The number of aliphatic hydroxyl groups is 1. The molecular formula is C61H90N16O12S. The molecule has 1 aromatic heterocycles. The number of aromatic nitrogens is 1. The van der Waals surface area contributed by atoms with E-state index in [1.54, 1.807) is 19.3 Å². The topological polar surface area (TPSA) is 431 Å². The number of hydrogen-bond donors (Lipinski definition) is 15. The van der Waals surface area contributed by atoms with Gasteiger partial charge in [-0.2, -0.15) is 0 Å². The molecule has 8 amide bonds. The highest BCUT2D eigenvalue weighted by Crippen LogP contribution is 2.23. The fourth-order valence-corrected chi connectivity index (χ4v) is 11.0. The standard InChI is InChI=1S/C59H86N16O10S.C2H4O2/c1-6-63-56(84)49-16-11-23-75(49)58(85)42(15-10-22-65-59(60)61)68-50(78)43(24-33(2)3)69-51(79)44(25-34(4)5)70-52(80)45(26-35-17-19-38(77)20-18-35)71-55(83)48(31-76)73-53(81)46(27-36-29-66-40-13-8-7-12-39(36)40)72-54(82)47(28-37-30-62-32-67-37)74-57(86)41-14-9-21-64-41;1-2(3)4/h7-8,12-13,17-20,29-30,32-34,37,41-49,64,66,76-77H,6,9-11,14-16,21-28,31H2,1-5H3,(H,63,84)(H,68,78)(H,69,79)(H,70,80)(H,71,83)(H,72,82)(H,73,81)(H,74,86)(H4,60,61,65);1H3,(H,3,4)/t37?,41-,42-,43-,44+,45-,46-,47-,48-,49-;/m0./s1. The van der Waals surface area contributed by atoms with Gasteiger partial charge in [0.1, 0.15) is 60.4 Å². The monoisotopic (exact) mass is 1270 g/mol. The highest BCUT2D eigenvalue weighted by atomic mass is 32.1. The molecule has 6 rings (SSSR count). The number of likely N-dealkylation sites (tertiary alicyclic amines) is 1. The number of carbonyl (C=O) groups is 9. The number of para-hydroxylation sites is 1. The van der Waals surface area contributed by atoms with Crippen molar-refractivity contribution >= 4 is 99.8 Å².